The van der Waals surface area contributed by atoms with Crippen molar-refractivity contribution in [2.45, 2.75) is 26.7 Å². The number of nitrogens with one attached hydrogen (secondary N) is 1. The Bertz CT molecular complexity index is 567. The Labute approximate surface area is 116 Å². The van der Waals surface area contributed by atoms with Crippen LogP contribution in [0.15, 0.2) is 24.5 Å². The highest BCUT2D eigenvalue weighted by Gasteiger charge is 2.12. The van der Waals surface area contributed by atoms with Gasteiger partial charge in [-0.15, -0.1) is 0 Å². The fraction of sp³-hybridized carbons (Fsp3) is 0.286. The summed E-state index contributed by atoms with van der Waals surface area (Å²) in [7, 11) is 0. The molecule has 1 aromatic carbocycles. The summed E-state index contributed by atoms with van der Waals surface area (Å²) >= 11 is 6.07. The monoisotopic (exact) mass is 279 g/mol. The molecule has 0 saturated carbocycles. The van der Waals surface area contributed by atoms with Crippen molar-refractivity contribution in [1.82, 2.24) is 9.97 Å². The Kier molecular flexibility index (Phi) is 4.32. The molecular weight excluding hydrogens is 265 g/mol. The van der Waals surface area contributed by atoms with Gasteiger partial charge in [0.05, 0.1) is 5.69 Å². The summed E-state index contributed by atoms with van der Waals surface area (Å²) in [6.07, 6.45) is 3.04. The number of aromatic nitrogens is 2. The Morgan fingerprint density at radius 2 is 2.11 bits per heavy atom. The molecular formula is C14H15ClFN3. The summed E-state index contributed by atoms with van der Waals surface area (Å²) in [6, 6.07) is 4.93. The van der Waals surface area contributed by atoms with Gasteiger partial charge in [0.25, 0.3) is 0 Å². The van der Waals surface area contributed by atoms with Crippen molar-refractivity contribution >= 4 is 23.1 Å². The van der Waals surface area contributed by atoms with Gasteiger partial charge in [-0.1, -0.05) is 37.1 Å². The van der Waals surface area contributed by atoms with Crippen molar-refractivity contribution in [1.29, 1.82) is 0 Å². The Hall–Kier alpha value is -1.68. The van der Waals surface area contributed by atoms with Crippen LogP contribution >= 0.6 is 11.6 Å². The highest BCUT2D eigenvalue weighted by molar-refractivity contribution is 6.30. The van der Waals surface area contributed by atoms with E-state index < -0.39 is 0 Å². The van der Waals surface area contributed by atoms with Crippen molar-refractivity contribution in [2.75, 3.05) is 5.32 Å². The lowest BCUT2D eigenvalue weighted by Gasteiger charge is -2.13. The number of halogens is 2. The molecule has 0 radical (unpaired) electrons. The van der Waals surface area contributed by atoms with Gasteiger partial charge < -0.3 is 5.32 Å². The van der Waals surface area contributed by atoms with Crippen LogP contribution in [0.2, 0.25) is 5.15 Å². The lowest BCUT2D eigenvalue weighted by Crippen LogP contribution is -2.04. The van der Waals surface area contributed by atoms with E-state index in [1.807, 2.05) is 19.9 Å². The lowest BCUT2D eigenvalue weighted by molar-refractivity contribution is 0.630. The van der Waals surface area contributed by atoms with E-state index in [0.29, 0.717) is 16.7 Å². The first-order valence-corrected chi connectivity index (χ1v) is 6.52. The SMILES string of the molecule is CCCc1c(Cl)ncnc1Nc1c(C)cccc1F. The number of benzene rings is 1. The molecule has 0 saturated heterocycles. The van der Waals surface area contributed by atoms with E-state index in [9.17, 15) is 4.39 Å². The first-order chi connectivity index (χ1) is 9.13. The predicted octanol–water partition coefficient (Wildman–Crippen LogP) is 4.27. The molecule has 0 amide bonds. The normalized spacial score (nSPS) is 10.5. The number of para-hydroxylation sites is 1. The van der Waals surface area contributed by atoms with Gasteiger partial charge in [0.2, 0.25) is 0 Å². The van der Waals surface area contributed by atoms with E-state index >= 15 is 0 Å². The van der Waals surface area contributed by atoms with E-state index in [0.717, 1.165) is 24.0 Å². The molecule has 0 aliphatic rings. The Morgan fingerprint density at radius 1 is 1.32 bits per heavy atom. The van der Waals surface area contributed by atoms with Crippen molar-refractivity contribution < 1.29 is 4.39 Å². The van der Waals surface area contributed by atoms with Crippen molar-refractivity contribution in [3.63, 3.8) is 0 Å². The molecule has 2 aromatic rings. The molecule has 2 rings (SSSR count). The molecule has 5 heteroatoms. The summed E-state index contributed by atoms with van der Waals surface area (Å²) in [5, 5.41) is 3.43. The number of nitrogens with zero attached hydrogens (tertiary/aromatic N) is 2. The molecule has 0 aliphatic carbocycles. The number of hydrogen-bond donors (Lipinski definition) is 1. The van der Waals surface area contributed by atoms with Crippen LogP contribution in [0, 0.1) is 12.7 Å². The van der Waals surface area contributed by atoms with Crippen LogP contribution in [-0.2, 0) is 6.42 Å². The number of hydrogen-bond acceptors (Lipinski definition) is 3. The second-order valence-electron chi connectivity index (χ2n) is 4.30. The molecule has 0 aliphatic heterocycles. The molecule has 1 aromatic heterocycles. The number of anilines is 2. The van der Waals surface area contributed by atoms with Crippen LogP contribution in [0.1, 0.15) is 24.5 Å². The average Bonchev–Trinajstić information content (AvgIpc) is 2.38. The van der Waals surface area contributed by atoms with Gasteiger partial charge in [-0.3, -0.25) is 0 Å². The molecule has 0 atom stereocenters. The molecule has 1 heterocycles. The highest BCUT2D eigenvalue weighted by Crippen LogP contribution is 2.27. The zero-order valence-corrected chi connectivity index (χ0v) is 11.6. The van der Waals surface area contributed by atoms with Gasteiger partial charge in [-0.2, -0.15) is 0 Å². The van der Waals surface area contributed by atoms with Crippen molar-refractivity contribution in [3.05, 3.63) is 46.6 Å². The standard InChI is InChI=1S/C14H15ClFN3/c1-3-5-10-13(15)17-8-18-14(10)19-12-9(2)6-4-7-11(12)16/h4,6-8H,3,5H2,1-2H3,(H,17,18,19). The first kappa shape index (κ1) is 13.7. The highest BCUT2D eigenvalue weighted by atomic mass is 35.5. The smallest absolute Gasteiger partial charge is 0.146 e. The van der Waals surface area contributed by atoms with Crippen LogP contribution in [0.25, 0.3) is 0 Å². The molecule has 0 fully saturated rings. The van der Waals surface area contributed by atoms with E-state index in [-0.39, 0.29) is 5.82 Å². The Morgan fingerprint density at radius 3 is 2.79 bits per heavy atom. The third kappa shape index (κ3) is 3.01. The Balaban J connectivity index is 2.41. The van der Waals surface area contributed by atoms with Gasteiger partial charge in [-0.05, 0) is 25.0 Å². The quantitative estimate of drug-likeness (QED) is 0.849. The third-order valence-electron chi connectivity index (χ3n) is 2.86. The molecule has 0 spiro atoms. The van der Waals surface area contributed by atoms with Gasteiger partial charge in [0.1, 0.15) is 23.1 Å². The fourth-order valence-electron chi connectivity index (χ4n) is 1.88. The van der Waals surface area contributed by atoms with E-state index in [2.05, 4.69) is 15.3 Å². The van der Waals surface area contributed by atoms with Crippen LogP contribution in [0.3, 0.4) is 0 Å². The van der Waals surface area contributed by atoms with Gasteiger partial charge in [0.15, 0.2) is 0 Å². The average molecular weight is 280 g/mol. The summed E-state index contributed by atoms with van der Waals surface area (Å²) in [6.45, 7) is 3.88. The zero-order valence-electron chi connectivity index (χ0n) is 10.9. The minimum absolute atomic E-state index is 0.308. The van der Waals surface area contributed by atoms with Crippen molar-refractivity contribution in [2.24, 2.45) is 0 Å². The van der Waals surface area contributed by atoms with E-state index in [1.54, 1.807) is 6.07 Å². The summed E-state index contributed by atoms with van der Waals surface area (Å²) in [5.74, 6) is 0.257. The second-order valence-corrected chi connectivity index (χ2v) is 4.66. The van der Waals surface area contributed by atoms with Gasteiger partial charge in [-0.25, -0.2) is 14.4 Å². The molecule has 100 valence electrons. The summed E-state index contributed by atoms with van der Waals surface area (Å²) in [5.41, 5.74) is 2.06. The first-order valence-electron chi connectivity index (χ1n) is 6.15. The largest absolute Gasteiger partial charge is 0.337 e. The van der Waals surface area contributed by atoms with Crippen LogP contribution < -0.4 is 5.32 Å². The molecule has 19 heavy (non-hydrogen) atoms. The van der Waals surface area contributed by atoms with Crippen LogP contribution in [0.5, 0.6) is 0 Å². The maximum absolute atomic E-state index is 13.8. The minimum atomic E-state index is -0.308. The topological polar surface area (TPSA) is 37.8 Å². The zero-order chi connectivity index (χ0) is 13.8. The minimum Gasteiger partial charge on any atom is -0.337 e. The number of rotatable bonds is 4. The van der Waals surface area contributed by atoms with Crippen LogP contribution in [0.4, 0.5) is 15.9 Å². The fourth-order valence-corrected chi connectivity index (χ4v) is 2.11. The summed E-state index contributed by atoms with van der Waals surface area (Å²) in [4.78, 5) is 8.13. The van der Waals surface area contributed by atoms with Gasteiger partial charge in [0, 0.05) is 5.56 Å². The van der Waals surface area contributed by atoms with Gasteiger partial charge >= 0.3 is 0 Å². The molecule has 1 N–H and O–H groups in total. The van der Waals surface area contributed by atoms with E-state index in [4.69, 9.17) is 11.6 Å². The van der Waals surface area contributed by atoms with E-state index in [1.165, 1.54) is 12.4 Å². The molecule has 0 bridgehead atoms. The third-order valence-corrected chi connectivity index (χ3v) is 3.18. The molecule has 0 unspecified atom stereocenters. The summed E-state index contributed by atoms with van der Waals surface area (Å²) < 4.78 is 13.8. The van der Waals surface area contributed by atoms with Crippen molar-refractivity contribution in [3.8, 4) is 0 Å². The second kappa shape index (κ2) is 5.97. The maximum atomic E-state index is 13.8. The molecule has 3 nitrogen and oxygen atoms in total. The number of aryl methyl sites for hydroxylation is 1. The lowest BCUT2D eigenvalue weighted by atomic mass is 10.1. The predicted molar refractivity (Wildman–Crippen MR) is 75.5 cm³/mol. The maximum Gasteiger partial charge on any atom is 0.146 e. The van der Waals surface area contributed by atoms with Crippen LogP contribution in [-0.4, -0.2) is 9.97 Å².